The first-order valence-electron chi connectivity index (χ1n) is 10.5. The Hall–Kier alpha value is -2.85. The Balaban J connectivity index is 1.62. The van der Waals surface area contributed by atoms with Crippen molar-refractivity contribution in [2.75, 3.05) is 45.3 Å². The maximum absolute atomic E-state index is 13.3. The van der Waals surface area contributed by atoms with Crippen LogP contribution in [0.15, 0.2) is 24.3 Å². The van der Waals surface area contributed by atoms with Crippen LogP contribution in [0.3, 0.4) is 0 Å². The minimum Gasteiger partial charge on any atom is -0.497 e. The van der Waals surface area contributed by atoms with Gasteiger partial charge in [0.15, 0.2) is 0 Å². The highest BCUT2D eigenvalue weighted by Gasteiger charge is 2.57. The number of likely N-dealkylation sites (N-methyl/N-ethyl adjacent to an activating group) is 1. The molecule has 0 aliphatic carbocycles. The number of esters is 1. The topological polar surface area (TPSA) is 94.7 Å². The first-order chi connectivity index (χ1) is 14.8. The zero-order chi connectivity index (χ0) is 22.3. The summed E-state index contributed by atoms with van der Waals surface area (Å²) in [6, 6.07) is 6.71. The van der Waals surface area contributed by atoms with Crippen LogP contribution in [-0.4, -0.2) is 91.5 Å². The molecular weight excluding hydrogens is 402 g/mol. The lowest BCUT2D eigenvalue weighted by Gasteiger charge is -2.45. The summed E-state index contributed by atoms with van der Waals surface area (Å²) in [4.78, 5) is 45.0. The van der Waals surface area contributed by atoms with Crippen molar-refractivity contribution in [1.29, 1.82) is 0 Å². The van der Waals surface area contributed by atoms with Gasteiger partial charge in [-0.05, 0) is 37.1 Å². The molecule has 3 aliphatic heterocycles. The quantitative estimate of drug-likeness (QED) is 0.674. The second-order valence-corrected chi connectivity index (χ2v) is 8.21. The molecule has 0 saturated carbocycles. The van der Waals surface area contributed by atoms with E-state index in [1.165, 1.54) is 4.90 Å². The minimum absolute atomic E-state index is 0.195. The van der Waals surface area contributed by atoms with Crippen LogP contribution in [0.4, 0.5) is 10.5 Å². The Kier molecular flexibility index (Phi) is 5.76. The number of ether oxygens (including phenoxy) is 2. The third-order valence-electron chi connectivity index (χ3n) is 6.08. The van der Waals surface area contributed by atoms with Crippen molar-refractivity contribution in [3.63, 3.8) is 0 Å². The minimum atomic E-state index is -0.592. The fourth-order valence-electron chi connectivity index (χ4n) is 4.67. The molecule has 0 spiro atoms. The van der Waals surface area contributed by atoms with Crippen LogP contribution < -0.4 is 15.0 Å². The van der Waals surface area contributed by atoms with Gasteiger partial charge in [0.25, 0.3) is 5.91 Å². The number of urea groups is 1. The molecule has 1 aromatic rings. The molecule has 1 aromatic carbocycles. The number of methoxy groups -OCH3 is 1. The van der Waals surface area contributed by atoms with Gasteiger partial charge in [-0.15, -0.1) is 0 Å². The maximum atomic E-state index is 13.3. The first kappa shape index (κ1) is 21.4. The Bertz CT molecular complexity index is 862. The highest BCUT2D eigenvalue weighted by Crippen LogP contribution is 2.34. The fraction of sp³-hybridized carbons (Fsp3) is 0.571. The number of nitrogens with one attached hydrogen (secondary N) is 1. The van der Waals surface area contributed by atoms with E-state index in [0.717, 1.165) is 22.9 Å². The molecule has 3 fully saturated rings. The van der Waals surface area contributed by atoms with Crippen molar-refractivity contribution < 1.29 is 23.9 Å². The molecule has 4 unspecified atom stereocenters. The number of amides is 3. The number of hydrogen-bond acceptors (Lipinski definition) is 8. The molecule has 4 rings (SSSR count). The highest BCUT2D eigenvalue weighted by atomic mass is 16.5. The van der Waals surface area contributed by atoms with E-state index in [1.807, 2.05) is 24.3 Å². The van der Waals surface area contributed by atoms with Crippen LogP contribution in [0.2, 0.25) is 0 Å². The Labute approximate surface area is 181 Å². The summed E-state index contributed by atoms with van der Waals surface area (Å²) in [7, 11) is 3.28. The van der Waals surface area contributed by atoms with Gasteiger partial charge in [-0.3, -0.25) is 24.7 Å². The van der Waals surface area contributed by atoms with E-state index in [1.54, 1.807) is 21.1 Å². The second-order valence-electron chi connectivity index (χ2n) is 8.21. The SMILES string of the molecule is CCOC(=O)CN1C(=O)C2C(NC3N(c4ccc(OC)cc4)CC(C)CN23)N(C)C1=O. The van der Waals surface area contributed by atoms with E-state index >= 15 is 0 Å². The van der Waals surface area contributed by atoms with E-state index in [9.17, 15) is 14.4 Å². The van der Waals surface area contributed by atoms with E-state index < -0.39 is 24.2 Å². The van der Waals surface area contributed by atoms with Gasteiger partial charge < -0.3 is 19.3 Å². The smallest absolute Gasteiger partial charge is 0.328 e. The molecule has 1 N–H and O–H groups in total. The van der Waals surface area contributed by atoms with E-state index in [4.69, 9.17) is 9.47 Å². The van der Waals surface area contributed by atoms with Gasteiger partial charge in [0, 0.05) is 25.8 Å². The van der Waals surface area contributed by atoms with Crippen molar-refractivity contribution in [2.45, 2.75) is 32.3 Å². The molecule has 3 amide bonds. The van der Waals surface area contributed by atoms with Gasteiger partial charge in [-0.1, -0.05) is 6.92 Å². The monoisotopic (exact) mass is 431 g/mol. The summed E-state index contributed by atoms with van der Waals surface area (Å²) < 4.78 is 10.2. The summed E-state index contributed by atoms with van der Waals surface area (Å²) in [5.41, 5.74) is 0.998. The lowest BCUT2D eigenvalue weighted by Crippen LogP contribution is -2.67. The van der Waals surface area contributed by atoms with Crippen LogP contribution in [0, 0.1) is 5.92 Å². The fourth-order valence-corrected chi connectivity index (χ4v) is 4.67. The van der Waals surface area contributed by atoms with Gasteiger partial charge >= 0.3 is 12.0 Å². The van der Waals surface area contributed by atoms with Crippen molar-refractivity contribution in [3.05, 3.63) is 24.3 Å². The van der Waals surface area contributed by atoms with Crippen LogP contribution in [0.1, 0.15) is 13.8 Å². The van der Waals surface area contributed by atoms with Crippen molar-refractivity contribution in [2.24, 2.45) is 5.92 Å². The third-order valence-corrected chi connectivity index (χ3v) is 6.08. The van der Waals surface area contributed by atoms with Crippen LogP contribution in [0.5, 0.6) is 5.75 Å². The summed E-state index contributed by atoms with van der Waals surface area (Å²) in [6.07, 6.45) is -0.726. The number of anilines is 1. The van der Waals surface area contributed by atoms with Crippen molar-refractivity contribution in [3.8, 4) is 5.75 Å². The van der Waals surface area contributed by atoms with E-state index in [0.29, 0.717) is 12.5 Å². The van der Waals surface area contributed by atoms with Crippen LogP contribution in [-0.2, 0) is 14.3 Å². The highest BCUT2D eigenvalue weighted by molar-refractivity contribution is 6.02. The van der Waals surface area contributed by atoms with Gasteiger partial charge in [-0.25, -0.2) is 4.79 Å². The summed E-state index contributed by atoms with van der Waals surface area (Å²) in [5.74, 6) is 0.104. The van der Waals surface area contributed by atoms with Gasteiger partial charge in [0.1, 0.15) is 30.8 Å². The van der Waals surface area contributed by atoms with Crippen molar-refractivity contribution >= 4 is 23.6 Å². The summed E-state index contributed by atoms with van der Waals surface area (Å²) in [5, 5.41) is 3.46. The molecule has 0 bridgehead atoms. The molecule has 168 valence electrons. The van der Waals surface area contributed by atoms with Gasteiger partial charge in [0.2, 0.25) is 0 Å². The normalized spacial score (nSPS) is 28.5. The number of hydrogen-bond donors (Lipinski definition) is 1. The number of imide groups is 1. The third kappa shape index (κ3) is 3.70. The average molecular weight is 431 g/mol. The maximum Gasteiger partial charge on any atom is 0.328 e. The molecule has 3 aliphatic rings. The molecule has 10 heteroatoms. The molecule has 0 radical (unpaired) electrons. The number of nitrogens with zero attached hydrogens (tertiary/aromatic N) is 4. The number of carbonyl (C=O) groups excluding carboxylic acids is 3. The molecule has 3 heterocycles. The summed E-state index contributed by atoms with van der Waals surface area (Å²) >= 11 is 0. The largest absolute Gasteiger partial charge is 0.497 e. The number of rotatable bonds is 5. The number of fused-ring (bicyclic) bond motifs is 3. The lowest BCUT2D eigenvalue weighted by atomic mass is 10.0. The van der Waals surface area contributed by atoms with Crippen LogP contribution in [0.25, 0.3) is 0 Å². The predicted molar refractivity (Wildman–Crippen MR) is 112 cm³/mol. The number of benzene rings is 1. The zero-order valence-corrected chi connectivity index (χ0v) is 18.3. The Morgan fingerprint density at radius 3 is 2.55 bits per heavy atom. The first-order valence-corrected chi connectivity index (χ1v) is 10.5. The average Bonchev–Trinajstić information content (AvgIpc) is 3.14. The molecule has 10 nitrogen and oxygen atoms in total. The van der Waals surface area contributed by atoms with E-state index in [2.05, 4.69) is 22.0 Å². The number of carbonyl (C=O) groups is 3. The lowest BCUT2D eigenvalue weighted by molar-refractivity contribution is -0.151. The zero-order valence-electron chi connectivity index (χ0n) is 18.3. The van der Waals surface area contributed by atoms with E-state index in [-0.39, 0.29) is 25.3 Å². The molecular formula is C21H29N5O5. The molecule has 31 heavy (non-hydrogen) atoms. The van der Waals surface area contributed by atoms with Gasteiger partial charge in [-0.2, -0.15) is 0 Å². The Morgan fingerprint density at radius 1 is 1.19 bits per heavy atom. The standard InChI is InChI=1S/C21H29N5O5/c1-5-31-16(27)12-26-19(28)17-18(23(3)21(26)29)22-20-24(10-13(2)11-25(17)20)14-6-8-15(30-4)9-7-14/h6-9,13,17-18,20,22H,5,10-12H2,1-4H3. The molecule has 3 saturated heterocycles. The second kappa shape index (κ2) is 8.35. The summed E-state index contributed by atoms with van der Waals surface area (Å²) in [6.45, 7) is 5.15. The Morgan fingerprint density at radius 2 is 1.90 bits per heavy atom. The molecule has 4 atom stereocenters. The van der Waals surface area contributed by atoms with Gasteiger partial charge in [0.05, 0.1) is 13.7 Å². The van der Waals surface area contributed by atoms with Crippen LogP contribution >= 0.6 is 0 Å². The predicted octanol–water partition coefficient (Wildman–Crippen LogP) is 0.492. The molecule has 0 aromatic heterocycles. The van der Waals surface area contributed by atoms with Crippen molar-refractivity contribution in [1.82, 2.24) is 20.0 Å².